The van der Waals surface area contributed by atoms with Crippen LogP contribution >= 0.6 is 22.6 Å². The van der Waals surface area contributed by atoms with Crippen LogP contribution in [0.1, 0.15) is 27.1 Å². The van der Waals surface area contributed by atoms with E-state index in [9.17, 15) is 32.7 Å². The number of halogens is 1. The molecule has 10 nitrogen and oxygen atoms in total. The molecule has 1 unspecified atom stereocenters. The van der Waals surface area contributed by atoms with Crippen LogP contribution in [0, 0.1) is 0 Å². The highest BCUT2D eigenvalue weighted by Gasteiger charge is 2.46. The van der Waals surface area contributed by atoms with E-state index in [1.54, 1.807) is 0 Å². The second-order valence-corrected chi connectivity index (χ2v) is 7.37. The number of aromatic carboxylic acids is 1. The number of carboxylic acid groups (broad SMARTS) is 1. The summed E-state index contributed by atoms with van der Waals surface area (Å²) in [6.45, 7) is 0. The number of carbonyl (C=O) groups is 4. The van der Waals surface area contributed by atoms with Gasteiger partial charge in [-0.05, 0) is 12.1 Å². The number of Topliss-reactive ketones (excluding diaryl/α,β-unsaturated/α-hetero) is 1. The van der Waals surface area contributed by atoms with Gasteiger partial charge in [-0.15, -0.1) is 0 Å². The summed E-state index contributed by atoms with van der Waals surface area (Å²) in [4.78, 5) is 46.9. The first-order valence-corrected chi connectivity index (χ1v) is 9.65. The molecule has 0 bridgehead atoms. The van der Waals surface area contributed by atoms with Crippen LogP contribution in [0.4, 0.5) is 5.69 Å². The van der Waals surface area contributed by atoms with E-state index < -0.39 is 39.6 Å². The second kappa shape index (κ2) is 7.05. The van der Waals surface area contributed by atoms with E-state index in [0.29, 0.717) is 5.01 Å². The van der Waals surface area contributed by atoms with Gasteiger partial charge in [-0.3, -0.25) is 24.4 Å². The van der Waals surface area contributed by atoms with Crippen molar-refractivity contribution in [2.75, 3.05) is 9.85 Å². The predicted molar refractivity (Wildman–Crippen MR) is 92.0 cm³/mol. The Morgan fingerprint density at radius 1 is 1.32 bits per heavy atom. The van der Waals surface area contributed by atoms with Crippen LogP contribution in [0.25, 0.3) is 0 Å². The van der Waals surface area contributed by atoms with E-state index in [0.717, 1.165) is 12.1 Å². The Morgan fingerprint density at radius 3 is 2.44 bits per heavy atom. The number of benzene rings is 1. The summed E-state index contributed by atoms with van der Waals surface area (Å²) in [6.07, 6.45) is -0.778. The minimum atomic E-state index is -4.79. The molecule has 0 spiro atoms. The lowest BCUT2D eigenvalue weighted by molar-refractivity contribution is -0.136. The van der Waals surface area contributed by atoms with Crippen molar-refractivity contribution in [2.45, 2.75) is 11.7 Å². The molecule has 0 aliphatic carbocycles. The number of rotatable bonds is 6. The Kier molecular flexibility index (Phi) is 5.43. The van der Waals surface area contributed by atoms with E-state index in [1.807, 2.05) is 22.6 Å². The molecular weight excluding hydrogens is 471 g/mol. The van der Waals surface area contributed by atoms with Gasteiger partial charge in [0, 0.05) is 5.56 Å². The minimum absolute atomic E-state index is 0.121. The number of ketones is 1. The van der Waals surface area contributed by atoms with Crippen LogP contribution < -0.4 is 5.43 Å². The lowest BCUT2D eigenvalue weighted by Gasteiger charge is -2.19. The van der Waals surface area contributed by atoms with Crippen molar-refractivity contribution < 1.29 is 37.3 Å². The van der Waals surface area contributed by atoms with Gasteiger partial charge < -0.3 is 5.11 Å². The Labute approximate surface area is 155 Å². The van der Waals surface area contributed by atoms with Crippen LogP contribution in [0.3, 0.4) is 0 Å². The molecule has 0 radical (unpaired) electrons. The summed E-state index contributed by atoms with van der Waals surface area (Å²) < 4.78 is 31.4. The lowest BCUT2D eigenvalue weighted by Crippen LogP contribution is -2.39. The number of amides is 2. The Morgan fingerprint density at radius 2 is 1.96 bits per heavy atom. The third kappa shape index (κ3) is 3.96. The smallest absolute Gasteiger partial charge is 0.337 e. The van der Waals surface area contributed by atoms with Crippen LogP contribution in [-0.2, 0) is 19.7 Å². The topological polar surface area (TPSA) is 158 Å². The summed E-state index contributed by atoms with van der Waals surface area (Å²) >= 11 is 1.82. The minimum Gasteiger partial charge on any atom is -0.478 e. The average molecular weight is 482 g/mol. The number of hydrogen-bond donors (Lipinski definition) is 3. The zero-order chi connectivity index (χ0) is 18.9. The first-order valence-electron chi connectivity index (χ1n) is 6.62. The van der Waals surface area contributed by atoms with Crippen molar-refractivity contribution in [1.29, 1.82) is 0 Å². The monoisotopic (exact) mass is 482 g/mol. The Balaban J connectivity index is 2.41. The Bertz CT molecular complexity index is 882. The van der Waals surface area contributed by atoms with E-state index >= 15 is 0 Å². The van der Waals surface area contributed by atoms with Gasteiger partial charge >= 0.3 is 5.97 Å². The highest BCUT2D eigenvalue weighted by atomic mass is 127. The van der Waals surface area contributed by atoms with Crippen LogP contribution in [0.5, 0.6) is 0 Å². The maximum Gasteiger partial charge on any atom is 0.337 e. The molecule has 1 fully saturated rings. The number of anilines is 1. The van der Waals surface area contributed by atoms with Gasteiger partial charge in [0.1, 0.15) is 0 Å². The van der Waals surface area contributed by atoms with Crippen molar-refractivity contribution in [3.05, 3.63) is 29.3 Å². The molecule has 1 aliphatic heterocycles. The summed E-state index contributed by atoms with van der Waals surface area (Å²) in [5, 5.41) is 7.55. The maximum absolute atomic E-state index is 12.0. The zero-order valence-electron chi connectivity index (χ0n) is 12.3. The van der Waals surface area contributed by atoms with Crippen LogP contribution in [0.15, 0.2) is 18.2 Å². The number of nitrogens with one attached hydrogen (secondary N) is 1. The number of carbonyl (C=O) groups excluding carboxylic acids is 3. The van der Waals surface area contributed by atoms with Gasteiger partial charge in [0.25, 0.3) is 16.0 Å². The fourth-order valence-corrected chi connectivity index (χ4v) is 3.30. The molecule has 1 aromatic carbocycles. The van der Waals surface area contributed by atoms with Crippen molar-refractivity contribution >= 4 is 62.0 Å². The third-order valence-electron chi connectivity index (χ3n) is 3.39. The van der Waals surface area contributed by atoms with Gasteiger partial charge in [-0.2, -0.15) is 13.4 Å². The first-order chi connectivity index (χ1) is 11.6. The molecular formula is C13H11IN2O8S. The quantitative estimate of drug-likeness (QED) is 0.171. The third-order valence-corrected chi connectivity index (χ3v) is 5.17. The van der Waals surface area contributed by atoms with Gasteiger partial charge in [0.2, 0.25) is 5.91 Å². The summed E-state index contributed by atoms with van der Waals surface area (Å²) in [5.41, 5.74) is 1.81. The molecule has 0 saturated carbocycles. The largest absolute Gasteiger partial charge is 0.478 e. The van der Waals surface area contributed by atoms with E-state index in [4.69, 9.17) is 4.55 Å². The molecule has 3 N–H and O–H groups in total. The summed E-state index contributed by atoms with van der Waals surface area (Å²) in [5.74, 6) is -3.90. The highest BCUT2D eigenvalue weighted by Crippen LogP contribution is 2.24. The normalized spacial score (nSPS) is 17.7. The van der Waals surface area contributed by atoms with E-state index in [2.05, 4.69) is 5.43 Å². The van der Waals surface area contributed by atoms with Gasteiger partial charge in [0.05, 0.1) is 22.1 Å². The molecule has 1 atom stereocenters. The van der Waals surface area contributed by atoms with Gasteiger partial charge in [-0.1, -0.05) is 28.7 Å². The fourth-order valence-electron chi connectivity index (χ4n) is 2.15. The van der Waals surface area contributed by atoms with Crippen molar-refractivity contribution in [3.8, 4) is 0 Å². The maximum atomic E-state index is 12.0. The van der Waals surface area contributed by atoms with E-state index in [-0.39, 0.29) is 27.0 Å². The number of imide groups is 1. The molecule has 25 heavy (non-hydrogen) atoms. The molecule has 1 aromatic rings. The number of hydrogen-bond acceptors (Lipinski definition) is 7. The fraction of sp³-hybridized carbons (Fsp3) is 0.231. The van der Waals surface area contributed by atoms with Crippen LogP contribution in [0.2, 0.25) is 0 Å². The summed E-state index contributed by atoms with van der Waals surface area (Å²) in [6, 6.07) is 3.55. The van der Waals surface area contributed by atoms with Crippen LogP contribution in [-0.4, -0.2) is 56.3 Å². The molecule has 1 saturated heterocycles. The second-order valence-electron chi connectivity index (χ2n) is 5.01. The average Bonchev–Trinajstić information content (AvgIpc) is 2.82. The van der Waals surface area contributed by atoms with Gasteiger partial charge in [0.15, 0.2) is 11.0 Å². The number of carboxylic acids is 1. The zero-order valence-corrected chi connectivity index (χ0v) is 15.3. The molecule has 12 heteroatoms. The van der Waals surface area contributed by atoms with Crippen molar-refractivity contribution in [3.63, 3.8) is 0 Å². The predicted octanol–water partition coefficient (Wildman–Crippen LogP) is 0.345. The van der Waals surface area contributed by atoms with Crippen molar-refractivity contribution in [1.82, 2.24) is 5.01 Å². The van der Waals surface area contributed by atoms with E-state index in [1.165, 1.54) is 6.07 Å². The lowest BCUT2D eigenvalue weighted by atomic mass is 10.1. The standard InChI is InChI=1S/C13H11IN2O8S/c14-5-9(17)6-1-2-7(13(20)21)8(3-6)15-16-11(18)4-10(12(16)19)25(22,23)24/h1-3,10,15H,4-5H2,(H,20,21)(H,22,23,24). The number of hydrazine groups is 1. The molecule has 2 amide bonds. The highest BCUT2D eigenvalue weighted by molar-refractivity contribution is 14.1. The molecule has 1 heterocycles. The Hall–Kier alpha value is -2.06. The summed E-state index contributed by atoms with van der Waals surface area (Å²) in [7, 11) is -4.79. The number of alkyl halides is 1. The molecule has 0 aromatic heterocycles. The van der Waals surface area contributed by atoms with Crippen molar-refractivity contribution in [2.24, 2.45) is 0 Å². The molecule has 2 rings (SSSR count). The molecule has 134 valence electrons. The van der Waals surface area contributed by atoms with Gasteiger partial charge in [-0.25, -0.2) is 4.79 Å². The first kappa shape index (κ1) is 19.3. The SMILES string of the molecule is O=C(CI)c1ccc(C(=O)O)c(NN2C(=O)CC(S(=O)(=O)O)C2=O)c1. The number of nitrogens with zero attached hydrogens (tertiary/aromatic N) is 1. The molecule has 1 aliphatic rings.